The molecule has 0 saturated carbocycles. The molecule has 2 heterocycles. The van der Waals surface area contributed by atoms with Crippen LogP contribution in [-0.2, 0) is 6.54 Å². The van der Waals surface area contributed by atoms with E-state index in [1.165, 1.54) is 0 Å². The normalized spacial score (nSPS) is 14.4. The summed E-state index contributed by atoms with van der Waals surface area (Å²) in [6, 6.07) is 1.75. The molecule has 1 aromatic rings. The van der Waals surface area contributed by atoms with Gasteiger partial charge in [0.1, 0.15) is 0 Å². The molecule has 2 rings (SSSR count). The minimum absolute atomic E-state index is 0.00407. The number of pyridine rings is 1. The Labute approximate surface area is 82.1 Å². The van der Waals surface area contributed by atoms with E-state index >= 15 is 0 Å². The van der Waals surface area contributed by atoms with Crippen LogP contribution >= 0.6 is 0 Å². The molecule has 0 saturated heterocycles. The number of hydrogen-bond donors (Lipinski definition) is 1. The van der Waals surface area contributed by atoms with Crippen molar-refractivity contribution in [2.45, 2.75) is 13.5 Å². The number of amides is 1. The first kappa shape index (κ1) is 8.87. The fourth-order valence-electron chi connectivity index (χ4n) is 1.51. The van der Waals surface area contributed by atoms with E-state index in [1.54, 1.807) is 31.1 Å². The van der Waals surface area contributed by atoms with Crippen molar-refractivity contribution in [2.75, 3.05) is 7.05 Å². The van der Waals surface area contributed by atoms with E-state index in [9.17, 15) is 4.79 Å². The summed E-state index contributed by atoms with van der Waals surface area (Å²) >= 11 is 0. The van der Waals surface area contributed by atoms with Gasteiger partial charge in [-0.15, -0.1) is 0 Å². The number of rotatable bonds is 1. The standard InChI is InChI=1S/C10H11N3O/c1-6(11)7-3-8-9(12-4-7)5-13(2)10(8)14/h3-4,11H,5H2,1-2H3. The number of nitrogens with one attached hydrogen (secondary N) is 1. The molecule has 0 spiro atoms. The van der Waals surface area contributed by atoms with Crippen LogP contribution in [0.2, 0.25) is 0 Å². The number of carbonyl (C=O) groups excluding carboxylic acids is 1. The van der Waals surface area contributed by atoms with Crippen molar-refractivity contribution in [3.63, 3.8) is 0 Å². The summed E-state index contributed by atoms with van der Waals surface area (Å²) in [4.78, 5) is 17.4. The minimum Gasteiger partial charge on any atom is -0.336 e. The highest BCUT2D eigenvalue weighted by Crippen LogP contribution is 2.20. The van der Waals surface area contributed by atoms with E-state index in [0.717, 1.165) is 5.69 Å². The number of aromatic nitrogens is 1. The van der Waals surface area contributed by atoms with Gasteiger partial charge in [0.05, 0.1) is 17.8 Å². The molecule has 1 aliphatic rings. The van der Waals surface area contributed by atoms with Crippen LogP contribution in [0.5, 0.6) is 0 Å². The number of nitrogens with zero attached hydrogens (tertiary/aromatic N) is 2. The zero-order valence-corrected chi connectivity index (χ0v) is 8.16. The zero-order valence-electron chi connectivity index (χ0n) is 8.16. The Morgan fingerprint density at radius 2 is 2.36 bits per heavy atom. The summed E-state index contributed by atoms with van der Waals surface area (Å²) in [6.07, 6.45) is 1.65. The van der Waals surface area contributed by atoms with Crippen LogP contribution in [0.25, 0.3) is 0 Å². The highest BCUT2D eigenvalue weighted by molar-refractivity contribution is 6.02. The smallest absolute Gasteiger partial charge is 0.255 e. The van der Waals surface area contributed by atoms with Crippen molar-refractivity contribution in [3.05, 3.63) is 29.1 Å². The maximum atomic E-state index is 11.6. The molecule has 4 nitrogen and oxygen atoms in total. The molecule has 1 amide bonds. The quantitative estimate of drug-likeness (QED) is 0.671. The van der Waals surface area contributed by atoms with Gasteiger partial charge in [0, 0.05) is 24.5 Å². The third-order valence-corrected chi connectivity index (χ3v) is 2.37. The Balaban J connectivity index is 2.51. The van der Waals surface area contributed by atoms with Crippen LogP contribution in [0.4, 0.5) is 0 Å². The molecule has 0 unspecified atom stereocenters. The largest absolute Gasteiger partial charge is 0.336 e. The fraction of sp³-hybridized carbons (Fsp3) is 0.300. The maximum absolute atomic E-state index is 11.6. The van der Waals surface area contributed by atoms with Gasteiger partial charge in [-0.3, -0.25) is 9.78 Å². The Bertz CT molecular complexity index is 425. The van der Waals surface area contributed by atoms with Gasteiger partial charge in [-0.2, -0.15) is 0 Å². The van der Waals surface area contributed by atoms with Crippen molar-refractivity contribution in [1.82, 2.24) is 9.88 Å². The third-order valence-electron chi connectivity index (χ3n) is 2.37. The first-order chi connectivity index (χ1) is 6.59. The van der Waals surface area contributed by atoms with E-state index in [0.29, 0.717) is 23.4 Å². The molecule has 72 valence electrons. The highest BCUT2D eigenvalue weighted by Gasteiger charge is 2.25. The topological polar surface area (TPSA) is 57.1 Å². The van der Waals surface area contributed by atoms with Crippen molar-refractivity contribution in [1.29, 1.82) is 5.41 Å². The molecular weight excluding hydrogens is 178 g/mol. The predicted molar refractivity (Wildman–Crippen MR) is 52.5 cm³/mol. The van der Waals surface area contributed by atoms with Gasteiger partial charge < -0.3 is 10.3 Å². The van der Waals surface area contributed by atoms with Gasteiger partial charge in [0.15, 0.2) is 0 Å². The van der Waals surface area contributed by atoms with Gasteiger partial charge in [-0.1, -0.05) is 0 Å². The monoisotopic (exact) mass is 189 g/mol. The second kappa shape index (κ2) is 2.90. The van der Waals surface area contributed by atoms with Gasteiger partial charge in [-0.05, 0) is 13.0 Å². The lowest BCUT2D eigenvalue weighted by atomic mass is 10.1. The van der Waals surface area contributed by atoms with E-state index in [2.05, 4.69) is 4.98 Å². The van der Waals surface area contributed by atoms with E-state index in [1.807, 2.05) is 0 Å². The van der Waals surface area contributed by atoms with Gasteiger partial charge in [0.25, 0.3) is 5.91 Å². The summed E-state index contributed by atoms with van der Waals surface area (Å²) in [6.45, 7) is 2.26. The predicted octanol–water partition coefficient (Wildman–Crippen LogP) is 1.05. The van der Waals surface area contributed by atoms with E-state index in [4.69, 9.17) is 5.41 Å². The van der Waals surface area contributed by atoms with Gasteiger partial charge in [0.2, 0.25) is 0 Å². The fourth-order valence-corrected chi connectivity index (χ4v) is 1.51. The third kappa shape index (κ3) is 1.19. The van der Waals surface area contributed by atoms with Crippen molar-refractivity contribution in [2.24, 2.45) is 0 Å². The van der Waals surface area contributed by atoms with Crippen molar-refractivity contribution in [3.8, 4) is 0 Å². The first-order valence-electron chi connectivity index (χ1n) is 4.39. The summed E-state index contributed by atoms with van der Waals surface area (Å²) in [7, 11) is 1.75. The second-order valence-corrected chi connectivity index (χ2v) is 3.50. The molecule has 0 atom stereocenters. The Hall–Kier alpha value is -1.71. The Morgan fingerprint density at radius 1 is 1.64 bits per heavy atom. The van der Waals surface area contributed by atoms with E-state index in [-0.39, 0.29) is 5.91 Å². The molecular formula is C10H11N3O. The molecule has 0 fully saturated rings. The molecule has 1 aromatic heterocycles. The molecule has 14 heavy (non-hydrogen) atoms. The molecule has 0 aliphatic carbocycles. The van der Waals surface area contributed by atoms with Crippen LogP contribution in [0.3, 0.4) is 0 Å². The lowest BCUT2D eigenvalue weighted by molar-refractivity contribution is 0.0816. The maximum Gasteiger partial charge on any atom is 0.255 e. The van der Waals surface area contributed by atoms with Gasteiger partial charge >= 0.3 is 0 Å². The van der Waals surface area contributed by atoms with Crippen LogP contribution < -0.4 is 0 Å². The average Bonchev–Trinajstić information content (AvgIpc) is 2.43. The first-order valence-corrected chi connectivity index (χ1v) is 4.39. The highest BCUT2D eigenvalue weighted by atomic mass is 16.2. The zero-order chi connectivity index (χ0) is 10.3. The lowest BCUT2D eigenvalue weighted by Crippen LogP contribution is -2.17. The minimum atomic E-state index is -0.00407. The molecule has 1 aliphatic heterocycles. The number of carbonyl (C=O) groups is 1. The molecule has 1 N–H and O–H groups in total. The second-order valence-electron chi connectivity index (χ2n) is 3.50. The Kier molecular flexibility index (Phi) is 1.84. The summed E-state index contributed by atoms with van der Waals surface area (Å²) in [5.74, 6) is -0.00407. The number of hydrogen-bond acceptors (Lipinski definition) is 3. The Morgan fingerprint density at radius 3 is 3.00 bits per heavy atom. The average molecular weight is 189 g/mol. The van der Waals surface area contributed by atoms with Gasteiger partial charge in [-0.25, -0.2) is 0 Å². The summed E-state index contributed by atoms with van der Waals surface area (Å²) in [5, 5.41) is 7.45. The van der Waals surface area contributed by atoms with Crippen molar-refractivity contribution >= 4 is 11.6 Å². The molecule has 0 bridgehead atoms. The van der Waals surface area contributed by atoms with E-state index < -0.39 is 0 Å². The van der Waals surface area contributed by atoms with Crippen LogP contribution in [0, 0.1) is 5.41 Å². The van der Waals surface area contributed by atoms with Crippen LogP contribution in [0.15, 0.2) is 12.3 Å². The summed E-state index contributed by atoms with van der Waals surface area (Å²) in [5.41, 5.74) is 2.59. The SMILES string of the molecule is CC(=N)c1cnc2c(c1)C(=O)N(C)C2. The lowest BCUT2D eigenvalue weighted by Gasteiger charge is -2.04. The molecule has 0 radical (unpaired) electrons. The van der Waals surface area contributed by atoms with Crippen LogP contribution in [0.1, 0.15) is 28.5 Å². The molecule has 0 aromatic carbocycles. The molecule has 4 heteroatoms. The number of fused-ring (bicyclic) bond motifs is 1. The summed E-state index contributed by atoms with van der Waals surface area (Å²) < 4.78 is 0. The van der Waals surface area contributed by atoms with Crippen LogP contribution in [-0.4, -0.2) is 28.6 Å². The van der Waals surface area contributed by atoms with Crippen molar-refractivity contribution < 1.29 is 4.79 Å².